The molecular formula is C10H10BrNO5. The topological polar surface area (TPSA) is 89.7 Å². The van der Waals surface area contributed by atoms with Crippen LogP contribution in [0.1, 0.15) is 13.3 Å². The number of ether oxygens (including phenoxy) is 1. The Hall–Kier alpha value is -1.63. The second-order valence-electron chi connectivity index (χ2n) is 3.40. The summed E-state index contributed by atoms with van der Waals surface area (Å²) in [4.78, 5) is 20.6. The van der Waals surface area contributed by atoms with Gasteiger partial charge in [-0.2, -0.15) is 0 Å². The third-order valence-corrected chi connectivity index (χ3v) is 2.40. The number of carboxylic acid groups (broad SMARTS) is 1. The van der Waals surface area contributed by atoms with Crippen LogP contribution in [-0.2, 0) is 4.79 Å². The van der Waals surface area contributed by atoms with E-state index in [0.29, 0.717) is 4.47 Å². The van der Waals surface area contributed by atoms with E-state index >= 15 is 0 Å². The van der Waals surface area contributed by atoms with Gasteiger partial charge < -0.3 is 9.84 Å². The first-order valence-corrected chi connectivity index (χ1v) is 5.52. The van der Waals surface area contributed by atoms with Crippen molar-refractivity contribution >= 4 is 27.6 Å². The molecule has 0 amide bonds. The van der Waals surface area contributed by atoms with Gasteiger partial charge in [0.1, 0.15) is 6.10 Å². The van der Waals surface area contributed by atoms with Gasteiger partial charge in [0.15, 0.2) is 5.75 Å². The normalized spacial score (nSPS) is 11.9. The maximum absolute atomic E-state index is 10.8. The van der Waals surface area contributed by atoms with Crippen LogP contribution in [-0.4, -0.2) is 22.1 Å². The standard InChI is InChI=1S/C10H10BrNO5/c1-6(4-10(13)14)17-9-3-2-7(11)5-8(9)12(15)16/h2-3,5-6H,4H2,1H3,(H,13,14)/t6-/m0/s1. The Morgan fingerprint density at radius 1 is 1.65 bits per heavy atom. The largest absolute Gasteiger partial charge is 0.483 e. The monoisotopic (exact) mass is 303 g/mol. The zero-order valence-electron chi connectivity index (χ0n) is 8.92. The second kappa shape index (κ2) is 5.62. The number of carbonyl (C=O) groups is 1. The van der Waals surface area contributed by atoms with Gasteiger partial charge in [0.25, 0.3) is 0 Å². The molecule has 1 aromatic rings. The maximum Gasteiger partial charge on any atom is 0.312 e. The molecule has 1 rings (SSSR count). The Bertz CT molecular complexity index is 448. The van der Waals surface area contributed by atoms with Crippen molar-refractivity contribution in [3.8, 4) is 5.75 Å². The Kier molecular flexibility index (Phi) is 4.45. The molecule has 0 aliphatic rings. The summed E-state index contributed by atoms with van der Waals surface area (Å²) in [5.41, 5.74) is -0.198. The average molecular weight is 304 g/mol. The van der Waals surface area contributed by atoms with Crippen molar-refractivity contribution < 1.29 is 19.6 Å². The van der Waals surface area contributed by atoms with E-state index in [0.717, 1.165) is 0 Å². The molecule has 0 unspecified atom stereocenters. The predicted molar refractivity (Wildman–Crippen MR) is 63.1 cm³/mol. The molecule has 0 saturated carbocycles. The first kappa shape index (κ1) is 13.4. The van der Waals surface area contributed by atoms with E-state index in [1.807, 2.05) is 0 Å². The number of nitrogens with zero attached hydrogens (tertiary/aromatic N) is 1. The molecule has 0 aliphatic heterocycles. The summed E-state index contributed by atoms with van der Waals surface area (Å²) in [6, 6.07) is 4.33. The summed E-state index contributed by atoms with van der Waals surface area (Å²) in [5.74, 6) is -0.954. The molecule has 7 heteroatoms. The molecule has 0 aliphatic carbocycles. The van der Waals surface area contributed by atoms with Crippen LogP contribution < -0.4 is 4.74 Å². The van der Waals surface area contributed by atoms with E-state index in [1.54, 1.807) is 13.0 Å². The van der Waals surface area contributed by atoms with Crippen LogP contribution in [0.4, 0.5) is 5.69 Å². The lowest BCUT2D eigenvalue weighted by Gasteiger charge is -2.12. The van der Waals surface area contributed by atoms with Crippen LogP contribution in [0.2, 0.25) is 0 Å². The van der Waals surface area contributed by atoms with Crippen LogP contribution in [0.25, 0.3) is 0 Å². The third-order valence-electron chi connectivity index (χ3n) is 1.91. The van der Waals surface area contributed by atoms with E-state index < -0.39 is 17.0 Å². The minimum absolute atomic E-state index is 0.0620. The molecular weight excluding hydrogens is 294 g/mol. The van der Waals surface area contributed by atoms with E-state index in [4.69, 9.17) is 9.84 Å². The lowest BCUT2D eigenvalue weighted by Crippen LogP contribution is -2.17. The minimum Gasteiger partial charge on any atom is -0.483 e. The summed E-state index contributed by atoms with van der Waals surface area (Å²) < 4.78 is 5.79. The van der Waals surface area contributed by atoms with Crippen LogP contribution >= 0.6 is 15.9 Å². The predicted octanol–water partition coefficient (Wildman–Crippen LogP) is 2.60. The average Bonchev–Trinajstić information content (AvgIpc) is 2.19. The van der Waals surface area contributed by atoms with Crippen molar-refractivity contribution in [3.63, 3.8) is 0 Å². The molecule has 6 nitrogen and oxygen atoms in total. The highest BCUT2D eigenvalue weighted by atomic mass is 79.9. The first-order valence-electron chi connectivity index (χ1n) is 4.72. The summed E-state index contributed by atoms with van der Waals surface area (Å²) in [7, 11) is 0. The number of carboxylic acids is 1. The zero-order valence-corrected chi connectivity index (χ0v) is 10.5. The Balaban J connectivity index is 2.90. The number of aliphatic carboxylic acids is 1. The maximum atomic E-state index is 10.8. The van der Waals surface area contributed by atoms with Crippen molar-refractivity contribution in [3.05, 3.63) is 32.8 Å². The highest BCUT2D eigenvalue weighted by molar-refractivity contribution is 9.10. The number of hydrogen-bond acceptors (Lipinski definition) is 4. The summed E-state index contributed by atoms with van der Waals surface area (Å²) >= 11 is 3.12. The van der Waals surface area contributed by atoms with Gasteiger partial charge >= 0.3 is 11.7 Å². The molecule has 0 aromatic heterocycles. The van der Waals surface area contributed by atoms with Gasteiger partial charge in [0.2, 0.25) is 0 Å². The van der Waals surface area contributed by atoms with Gasteiger partial charge in [0, 0.05) is 10.5 Å². The number of halogens is 1. The van der Waals surface area contributed by atoms with Crippen LogP contribution in [0.5, 0.6) is 5.75 Å². The van der Waals surface area contributed by atoms with E-state index in [9.17, 15) is 14.9 Å². The smallest absolute Gasteiger partial charge is 0.312 e. The molecule has 0 fully saturated rings. The zero-order chi connectivity index (χ0) is 13.0. The van der Waals surface area contributed by atoms with Gasteiger partial charge in [-0.05, 0) is 19.1 Å². The molecule has 0 spiro atoms. The van der Waals surface area contributed by atoms with Crippen molar-refractivity contribution in [1.82, 2.24) is 0 Å². The lowest BCUT2D eigenvalue weighted by molar-refractivity contribution is -0.386. The van der Waals surface area contributed by atoms with Crippen molar-refractivity contribution in [1.29, 1.82) is 0 Å². The molecule has 1 N–H and O–H groups in total. The highest BCUT2D eigenvalue weighted by Crippen LogP contribution is 2.31. The SMILES string of the molecule is C[C@@H](CC(=O)O)Oc1ccc(Br)cc1[N+](=O)[O-]. The summed E-state index contributed by atoms with van der Waals surface area (Å²) in [5, 5.41) is 19.3. The molecule has 0 heterocycles. The van der Waals surface area contributed by atoms with Crippen LogP contribution in [0.3, 0.4) is 0 Å². The quantitative estimate of drug-likeness (QED) is 0.667. The summed E-state index contributed by atoms with van der Waals surface area (Å²) in [6.45, 7) is 1.54. The highest BCUT2D eigenvalue weighted by Gasteiger charge is 2.18. The van der Waals surface area contributed by atoms with Gasteiger partial charge in [-0.15, -0.1) is 0 Å². The van der Waals surface area contributed by atoms with Gasteiger partial charge in [-0.3, -0.25) is 14.9 Å². The Morgan fingerprint density at radius 2 is 2.29 bits per heavy atom. The molecule has 17 heavy (non-hydrogen) atoms. The van der Waals surface area contributed by atoms with Crippen LogP contribution in [0, 0.1) is 10.1 Å². The molecule has 1 atom stereocenters. The molecule has 0 bridgehead atoms. The Labute approximate surface area is 105 Å². The van der Waals surface area contributed by atoms with E-state index in [2.05, 4.69) is 15.9 Å². The molecule has 1 aromatic carbocycles. The second-order valence-corrected chi connectivity index (χ2v) is 4.31. The van der Waals surface area contributed by atoms with E-state index in [-0.39, 0.29) is 17.9 Å². The first-order chi connectivity index (χ1) is 7.90. The molecule has 0 saturated heterocycles. The Morgan fingerprint density at radius 3 is 2.82 bits per heavy atom. The number of rotatable bonds is 5. The van der Waals surface area contributed by atoms with Gasteiger partial charge in [0.05, 0.1) is 11.3 Å². The fourth-order valence-electron chi connectivity index (χ4n) is 1.24. The molecule has 0 radical (unpaired) electrons. The van der Waals surface area contributed by atoms with Crippen molar-refractivity contribution in [2.24, 2.45) is 0 Å². The third kappa shape index (κ3) is 4.03. The summed E-state index contributed by atoms with van der Waals surface area (Å²) in [6.07, 6.45) is -0.847. The van der Waals surface area contributed by atoms with Gasteiger partial charge in [-0.25, -0.2) is 0 Å². The van der Waals surface area contributed by atoms with Crippen molar-refractivity contribution in [2.75, 3.05) is 0 Å². The number of nitro groups is 1. The fraction of sp³-hybridized carbons (Fsp3) is 0.300. The van der Waals surface area contributed by atoms with Gasteiger partial charge in [-0.1, -0.05) is 15.9 Å². The van der Waals surface area contributed by atoms with E-state index in [1.165, 1.54) is 12.1 Å². The number of hydrogen-bond donors (Lipinski definition) is 1. The number of benzene rings is 1. The molecule has 92 valence electrons. The lowest BCUT2D eigenvalue weighted by atomic mass is 10.2. The van der Waals surface area contributed by atoms with Crippen molar-refractivity contribution in [2.45, 2.75) is 19.4 Å². The fourth-order valence-corrected chi connectivity index (χ4v) is 1.59. The minimum atomic E-state index is -1.02. The number of nitro benzene ring substituents is 1. The van der Waals surface area contributed by atoms with Crippen LogP contribution in [0.15, 0.2) is 22.7 Å².